The van der Waals surface area contributed by atoms with Gasteiger partial charge >= 0.3 is 5.69 Å². The molecule has 0 atom stereocenters. The van der Waals surface area contributed by atoms with Crippen LogP contribution in [0.4, 0.5) is 11.5 Å². The van der Waals surface area contributed by atoms with Gasteiger partial charge in [-0.1, -0.05) is 0 Å². The Bertz CT molecular complexity index is 463. The number of aliphatic hydroxyl groups excluding tert-OH is 1. The van der Waals surface area contributed by atoms with Gasteiger partial charge in [-0.15, -0.1) is 0 Å². The van der Waals surface area contributed by atoms with Crippen LogP contribution in [0.3, 0.4) is 0 Å². The van der Waals surface area contributed by atoms with Gasteiger partial charge in [0, 0.05) is 12.6 Å². The van der Waals surface area contributed by atoms with Crippen LogP contribution in [-0.2, 0) is 0 Å². The third kappa shape index (κ3) is 3.51. The van der Waals surface area contributed by atoms with Crippen LogP contribution >= 0.6 is 11.6 Å². The average molecular weight is 287 g/mol. The van der Waals surface area contributed by atoms with Crippen LogP contribution in [0.1, 0.15) is 25.7 Å². The first-order valence-electron chi connectivity index (χ1n) is 6.14. The highest BCUT2D eigenvalue weighted by atomic mass is 35.5. The second-order valence-electron chi connectivity index (χ2n) is 4.67. The highest BCUT2D eigenvalue weighted by Gasteiger charge is 2.24. The fourth-order valence-electron chi connectivity index (χ4n) is 2.28. The third-order valence-electron chi connectivity index (χ3n) is 3.38. The van der Waals surface area contributed by atoms with E-state index >= 15 is 0 Å². The number of rotatable bonds is 4. The monoisotopic (exact) mass is 286 g/mol. The molecule has 1 heterocycles. The van der Waals surface area contributed by atoms with E-state index in [9.17, 15) is 10.1 Å². The van der Waals surface area contributed by atoms with Gasteiger partial charge in [-0.2, -0.15) is 4.98 Å². The van der Waals surface area contributed by atoms with E-state index in [1.165, 1.54) is 0 Å². The zero-order valence-corrected chi connectivity index (χ0v) is 11.0. The first-order chi connectivity index (χ1) is 9.10. The van der Waals surface area contributed by atoms with Gasteiger partial charge in [0.05, 0.1) is 4.92 Å². The van der Waals surface area contributed by atoms with Crippen molar-refractivity contribution in [1.29, 1.82) is 0 Å². The number of anilines is 1. The van der Waals surface area contributed by atoms with Gasteiger partial charge in [0.2, 0.25) is 11.1 Å². The van der Waals surface area contributed by atoms with Crippen molar-refractivity contribution in [2.24, 2.45) is 5.92 Å². The molecule has 0 bridgehead atoms. The van der Waals surface area contributed by atoms with Crippen LogP contribution in [0.25, 0.3) is 0 Å². The number of hydrogen-bond donors (Lipinski definition) is 2. The van der Waals surface area contributed by atoms with Gasteiger partial charge in [0.25, 0.3) is 0 Å². The maximum Gasteiger partial charge on any atom is 0.329 e. The summed E-state index contributed by atoms with van der Waals surface area (Å²) >= 11 is 5.67. The van der Waals surface area contributed by atoms with Crippen molar-refractivity contribution < 1.29 is 10.0 Å². The summed E-state index contributed by atoms with van der Waals surface area (Å²) in [4.78, 5) is 17.9. The number of hydrogen-bond acceptors (Lipinski definition) is 6. The Kier molecular flexibility index (Phi) is 4.49. The summed E-state index contributed by atoms with van der Waals surface area (Å²) in [5.41, 5.74) is -0.173. The molecule has 1 aromatic rings. The molecule has 0 saturated heterocycles. The topological polar surface area (TPSA) is 101 Å². The summed E-state index contributed by atoms with van der Waals surface area (Å²) in [6.45, 7) is 0.201. The number of nitrogens with zero attached hydrogens (tertiary/aromatic N) is 3. The molecule has 1 aromatic heterocycles. The van der Waals surface area contributed by atoms with Crippen molar-refractivity contribution in [1.82, 2.24) is 9.97 Å². The number of nitrogens with one attached hydrogen (secondary N) is 1. The molecule has 1 fully saturated rings. The highest BCUT2D eigenvalue weighted by Crippen LogP contribution is 2.29. The number of aliphatic hydroxyl groups is 1. The molecular weight excluding hydrogens is 272 g/mol. The van der Waals surface area contributed by atoms with Crippen LogP contribution in [0.15, 0.2) is 6.20 Å². The lowest BCUT2D eigenvalue weighted by molar-refractivity contribution is -0.384. The Labute approximate surface area is 115 Å². The molecule has 2 N–H and O–H groups in total. The van der Waals surface area contributed by atoms with E-state index in [0.29, 0.717) is 5.92 Å². The van der Waals surface area contributed by atoms with Crippen molar-refractivity contribution in [3.05, 3.63) is 21.6 Å². The Morgan fingerprint density at radius 3 is 2.74 bits per heavy atom. The summed E-state index contributed by atoms with van der Waals surface area (Å²) in [6, 6.07) is 0.118. The first kappa shape index (κ1) is 14.0. The van der Waals surface area contributed by atoms with E-state index in [1.54, 1.807) is 0 Å². The Morgan fingerprint density at radius 2 is 2.16 bits per heavy atom. The number of halogens is 1. The molecule has 0 radical (unpaired) electrons. The summed E-state index contributed by atoms with van der Waals surface area (Å²) in [6.07, 6.45) is 4.62. The molecule has 0 amide bonds. The second-order valence-corrected chi connectivity index (χ2v) is 5.01. The molecule has 0 aromatic carbocycles. The quantitative estimate of drug-likeness (QED) is 0.499. The van der Waals surface area contributed by atoms with Crippen LogP contribution in [-0.4, -0.2) is 32.6 Å². The van der Waals surface area contributed by atoms with Gasteiger partial charge in [-0.05, 0) is 43.2 Å². The van der Waals surface area contributed by atoms with Crippen molar-refractivity contribution in [2.75, 3.05) is 11.9 Å². The summed E-state index contributed by atoms with van der Waals surface area (Å²) in [5, 5.41) is 23.0. The third-order valence-corrected chi connectivity index (χ3v) is 3.56. The van der Waals surface area contributed by atoms with Crippen LogP contribution in [0.5, 0.6) is 0 Å². The zero-order valence-electron chi connectivity index (χ0n) is 10.3. The van der Waals surface area contributed by atoms with Gasteiger partial charge in [-0.3, -0.25) is 10.1 Å². The fourth-order valence-corrected chi connectivity index (χ4v) is 2.41. The minimum Gasteiger partial charge on any atom is -0.396 e. The second kappa shape index (κ2) is 6.12. The molecule has 19 heavy (non-hydrogen) atoms. The predicted molar refractivity (Wildman–Crippen MR) is 70.2 cm³/mol. The molecule has 0 spiro atoms. The van der Waals surface area contributed by atoms with E-state index in [4.69, 9.17) is 16.7 Å². The zero-order chi connectivity index (χ0) is 13.8. The Balaban J connectivity index is 2.06. The van der Waals surface area contributed by atoms with E-state index in [-0.39, 0.29) is 29.4 Å². The molecule has 0 aliphatic heterocycles. The van der Waals surface area contributed by atoms with Gasteiger partial charge < -0.3 is 10.4 Å². The van der Waals surface area contributed by atoms with Crippen LogP contribution in [0, 0.1) is 16.0 Å². The summed E-state index contributed by atoms with van der Waals surface area (Å²) < 4.78 is 0. The van der Waals surface area contributed by atoms with E-state index in [0.717, 1.165) is 31.9 Å². The van der Waals surface area contributed by atoms with Crippen LogP contribution < -0.4 is 5.32 Å². The van der Waals surface area contributed by atoms with Crippen molar-refractivity contribution in [3.8, 4) is 0 Å². The molecule has 104 valence electrons. The van der Waals surface area contributed by atoms with E-state index < -0.39 is 4.92 Å². The standard InChI is InChI=1S/C11H15ClN4O3/c12-11-13-5-9(16(18)19)10(15-11)14-8-3-1-7(6-17)2-4-8/h5,7-8,17H,1-4,6H2,(H,13,14,15). The number of aromatic nitrogens is 2. The Morgan fingerprint density at radius 1 is 1.47 bits per heavy atom. The minimum absolute atomic E-state index is 0.0165. The SMILES string of the molecule is O=[N+]([O-])c1cnc(Cl)nc1NC1CCC(CO)CC1. The molecule has 2 rings (SSSR count). The number of nitro groups is 1. The highest BCUT2D eigenvalue weighted by molar-refractivity contribution is 6.28. The van der Waals surface area contributed by atoms with Gasteiger partial charge in [0.15, 0.2) is 0 Å². The van der Waals surface area contributed by atoms with Crippen molar-refractivity contribution in [2.45, 2.75) is 31.7 Å². The first-order valence-corrected chi connectivity index (χ1v) is 6.52. The fraction of sp³-hybridized carbons (Fsp3) is 0.636. The van der Waals surface area contributed by atoms with Gasteiger partial charge in [0.1, 0.15) is 6.20 Å². The molecule has 1 saturated carbocycles. The predicted octanol–water partition coefficient (Wildman–Crippen LogP) is 2.00. The Hall–Kier alpha value is -1.47. The summed E-state index contributed by atoms with van der Waals surface area (Å²) in [7, 11) is 0. The van der Waals surface area contributed by atoms with Crippen molar-refractivity contribution in [3.63, 3.8) is 0 Å². The minimum atomic E-state index is -0.530. The van der Waals surface area contributed by atoms with E-state index in [2.05, 4.69) is 15.3 Å². The largest absolute Gasteiger partial charge is 0.396 e. The molecule has 7 nitrogen and oxygen atoms in total. The molecule has 0 unspecified atom stereocenters. The van der Waals surface area contributed by atoms with E-state index in [1.807, 2.05) is 0 Å². The van der Waals surface area contributed by atoms with Crippen LogP contribution in [0.2, 0.25) is 5.28 Å². The maximum absolute atomic E-state index is 10.9. The molecule has 1 aliphatic carbocycles. The lowest BCUT2D eigenvalue weighted by Gasteiger charge is -2.28. The molecular formula is C11H15ClN4O3. The smallest absolute Gasteiger partial charge is 0.329 e. The maximum atomic E-state index is 10.9. The lowest BCUT2D eigenvalue weighted by atomic mass is 9.86. The summed E-state index contributed by atoms with van der Waals surface area (Å²) in [5.74, 6) is 0.500. The van der Waals surface area contributed by atoms with Gasteiger partial charge in [-0.25, -0.2) is 4.98 Å². The molecule has 8 heteroatoms. The normalized spacial score (nSPS) is 23.1. The molecule has 1 aliphatic rings. The average Bonchev–Trinajstić information content (AvgIpc) is 2.39. The van der Waals surface area contributed by atoms with Crippen molar-refractivity contribution >= 4 is 23.1 Å². The lowest BCUT2D eigenvalue weighted by Crippen LogP contribution is -2.28.